The molecule has 1 aliphatic rings. The number of piperidine rings is 1. The molecule has 1 fully saturated rings. The van der Waals surface area contributed by atoms with Crippen molar-refractivity contribution >= 4 is 23.1 Å². The number of amides is 1. The molecule has 4 aromatic rings. The van der Waals surface area contributed by atoms with Gasteiger partial charge in [-0.25, -0.2) is 19.9 Å². The van der Waals surface area contributed by atoms with Crippen LogP contribution in [-0.4, -0.2) is 48.3 Å². The quantitative estimate of drug-likeness (QED) is 0.490. The smallest absolute Gasteiger partial charge is 0.356 e. The van der Waals surface area contributed by atoms with Gasteiger partial charge in [-0.2, -0.15) is 13.2 Å². The monoisotopic (exact) mass is 468 g/mol. The Bertz CT molecular complexity index is 1320. The van der Waals surface area contributed by atoms with E-state index in [9.17, 15) is 18.0 Å². The summed E-state index contributed by atoms with van der Waals surface area (Å²) in [4.78, 5) is 35.1. The van der Waals surface area contributed by atoms with Crippen molar-refractivity contribution in [1.82, 2.24) is 29.3 Å². The predicted octanol–water partition coefficient (Wildman–Crippen LogP) is 3.46. The van der Waals surface area contributed by atoms with Gasteiger partial charge < -0.3 is 10.2 Å². The van der Waals surface area contributed by atoms with Gasteiger partial charge in [0, 0.05) is 31.7 Å². The lowest BCUT2D eigenvalue weighted by Gasteiger charge is -2.32. The van der Waals surface area contributed by atoms with Crippen molar-refractivity contribution in [2.24, 2.45) is 5.92 Å². The molecule has 1 amide bonds. The lowest BCUT2D eigenvalue weighted by molar-refractivity contribution is -0.141. The van der Waals surface area contributed by atoms with Crippen LogP contribution >= 0.6 is 0 Å². The molecule has 0 saturated carbocycles. The van der Waals surface area contributed by atoms with Gasteiger partial charge in [-0.15, -0.1) is 0 Å². The van der Waals surface area contributed by atoms with Crippen LogP contribution in [0.3, 0.4) is 0 Å². The first-order chi connectivity index (χ1) is 16.4. The highest BCUT2D eigenvalue weighted by Gasteiger charge is 2.33. The molecule has 4 aromatic heterocycles. The first kappa shape index (κ1) is 21.7. The van der Waals surface area contributed by atoms with E-state index in [1.54, 1.807) is 36.8 Å². The maximum absolute atomic E-state index is 13.1. The lowest BCUT2D eigenvalue weighted by atomic mass is 9.97. The number of halogens is 3. The zero-order valence-electron chi connectivity index (χ0n) is 17.8. The molecule has 34 heavy (non-hydrogen) atoms. The Morgan fingerprint density at radius 2 is 1.97 bits per heavy atom. The maximum Gasteiger partial charge on any atom is 0.434 e. The molecular formula is C22H19F3N8O. The Morgan fingerprint density at radius 1 is 1.09 bits per heavy atom. The zero-order chi connectivity index (χ0) is 23.7. The molecule has 0 bridgehead atoms. The van der Waals surface area contributed by atoms with Crippen LogP contribution in [0, 0.1) is 5.92 Å². The summed E-state index contributed by atoms with van der Waals surface area (Å²) in [5.41, 5.74) is 0.165. The van der Waals surface area contributed by atoms with E-state index in [1.807, 2.05) is 4.90 Å². The van der Waals surface area contributed by atoms with Crippen molar-refractivity contribution in [1.29, 1.82) is 0 Å². The lowest BCUT2D eigenvalue weighted by Crippen LogP contribution is -2.41. The van der Waals surface area contributed by atoms with Gasteiger partial charge in [0.05, 0.1) is 30.2 Å². The Morgan fingerprint density at radius 3 is 2.76 bits per heavy atom. The van der Waals surface area contributed by atoms with E-state index >= 15 is 0 Å². The van der Waals surface area contributed by atoms with Crippen LogP contribution in [0.1, 0.15) is 18.5 Å². The Hall–Kier alpha value is -4.09. The molecule has 12 heteroatoms. The van der Waals surface area contributed by atoms with Crippen molar-refractivity contribution < 1.29 is 18.0 Å². The first-order valence-electron chi connectivity index (χ1n) is 10.6. The second-order valence-electron chi connectivity index (χ2n) is 7.90. The number of anilines is 2. The molecule has 0 radical (unpaired) electrons. The standard InChI is InChI=1S/C22H19F3N8O/c23-22(24,25)17-13-33-16(10-29-19(33)11-28-17)20-27-7-5-18(31-20)32-8-2-3-14(12-32)21(34)30-15-4-1-6-26-9-15/h1,4-7,9-11,13-14H,2-3,8,12H2,(H,30,34)/t14-/m0/s1. The molecule has 1 aliphatic heterocycles. The van der Waals surface area contributed by atoms with Gasteiger partial charge in [-0.1, -0.05) is 0 Å². The highest BCUT2D eigenvalue weighted by atomic mass is 19.4. The summed E-state index contributed by atoms with van der Waals surface area (Å²) in [5.74, 6) is 0.472. The van der Waals surface area contributed by atoms with Gasteiger partial charge in [0.1, 0.15) is 11.5 Å². The second kappa shape index (κ2) is 8.69. The maximum atomic E-state index is 13.1. The van der Waals surface area contributed by atoms with Crippen LogP contribution in [0.2, 0.25) is 0 Å². The molecule has 0 aromatic carbocycles. The minimum Gasteiger partial charge on any atom is -0.356 e. The number of fused-ring (bicyclic) bond motifs is 1. The number of carbonyl (C=O) groups is 1. The second-order valence-corrected chi connectivity index (χ2v) is 7.90. The van der Waals surface area contributed by atoms with Crippen LogP contribution in [-0.2, 0) is 11.0 Å². The molecule has 1 saturated heterocycles. The van der Waals surface area contributed by atoms with E-state index in [0.717, 1.165) is 25.2 Å². The van der Waals surface area contributed by atoms with Crippen molar-refractivity contribution in [3.05, 3.63) is 61.1 Å². The van der Waals surface area contributed by atoms with Crippen LogP contribution < -0.4 is 10.2 Å². The summed E-state index contributed by atoms with van der Waals surface area (Å²) in [5, 5.41) is 2.88. The normalized spacial score (nSPS) is 16.6. The van der Waals surface area contributed by atoms with E-state index in [2.05, 4.69) is 30.2 Å². The fourth-order valence-corrected chi connectivity index (χ4v) is 3.93. The summed E-state index contributed by atoms with van der Waals surface area (Å²) >= 11 is 0. The van der Waals surface area contributed by atoms with Gasteiger partial charge in [-0.3, -0.25) is 14.2 Å². The Labute approximate surface area is 191 Å². The van der Waals surface area contributed by atoms with Crippen LogP contribution in [0.15, 0.2) is 55.4 Å². The minimum atomic E-state index is -4.59. The Kier molecular flexibility index (Phi) is 5.56. The molecular weight excluding hydrogens is 449 g/mol. The molecule has 1 N–H and O–H groups in total. The fraction of sp³-hybridized carbons (Fsp3) is 0.273. The zero-order valence-corrected chi connectivity index (χ0v) is 17.8. The molecule has 0 aliphatic carbocycles. The van der Waals surface area contributed by atoms with Gasteiger partial charge >= 0.3 is 6.18 Å². The van der Waals surface area contributed by atoms with Gasteiger partial charge in [0.15, 0.2) is 17.2 Å². The third-order valence-electron chi connectivity index (χ3n) is 5.60. The van der Waals surface area contributed by atoms with Crippen LogP contribution in [0.5, 0.6) is 0 Å². The number of nitrogens with one attached hydrogen (secondary N) is 1. The number of hydrogen-bond acceptors (Lipinski definition) is 7. The summed E-state index contributed by atoms with van der Waals surface area (Å²) in [6, 6.07) is 5.24. The predicted molar refractivity (Wildman–Crippen MR) is 117 cm³/mol. The molecule has 5 heterocycles. The summed E-state index contributed by atoms with van der Waals surface area (Å²) in [6.07, 6.45) is 5.07. The van der Waals surface area contributed by atoms with E-state index in [4.69, 9.17) is 0 Å². The van der Waals surface area contributed by atoms with Crippen molar-refractivity contribution in [2.75, 3.05) is 23.3 Å². The topological polar surface area (TPSA) is 101 Å². The number of alkyl halides is 3. The average molecular weight is 468 g/mol. The van der Waals surface area contributed by atoms with E-state index in [-0.39, 0.29) is 23.3 Å². The van der Waals surface area contributed by atoms with Gasteiger partial charge in [0.25, 0.3) is 0 Å². The highest BCUT2D eigenvalue weighted by molar-refractivity contribution is 5.92. The van der Waals surface area contributed by atoms with E-state index < -0.39 is 11.9 Å². The van der Waals surface area contributed by atoms with Crippen molar-refractivity contribution in [2.45, 2.75) is 19.0 Å². The largest absolute Gasteiger partial charge is 0.434 e. The Balaban J connectivity index is 1.38. The summed E-state index contributed by atoms with van der Waals surface area (Å²) in [6.45, 7) is 1.15. The first-order valence-corrected chi connectivity index (χ1v) is 10.6. The van der Waals surface area contributed by atoms with E-state index in [0.29, 0.717) is 30.3 Å². The van der Waals surface area contributed by atoms with E-state index in [1.165, 1.54) is 10.6 Å². The van der Waals surface area contributed by atoms with Gasteiger partial charge in [-0.05, 0) is 31.0 Å². The summed E-state index contributed by atoms with van der Waals surface area (Å²) < 4.78 is 40.7. The van der Waals surface area contributed by atoms with Crippen molar-refractivity contribution in [3.8, 4) is 11.5 Å². The molecule has 0 unspecified atom stereocenters. The number of carbonyl (C=O) groups excluding carboxylic acids is 1. The van der Waals surface area contributed by atoms with Crippen LogP contribution in [0.25, 0.3) is 17.2 Å². The molecule has 1 atom stereocenters. The average Bonchev–Trinajstić information content (AvgIpc) is 3.28. The number of nitrogens with zero attached hydrogens (tertiary/aromatic N) is 7. The van der Waals surface area contributed by atoms with Crippen molar-refractivity contribution in [3.63, 3.8) is 0 Å². The number of aromatic nitrogens is 6. The molecule has 9 nitrogen and oxygen atoms in total. The number of hydrogen-bond donors (Lipinski definition) is 1. The fourth-order valence-electron chi connectivity index (χ4n) is 3.93. The third-order valence-corrected chi connectivity index (χ3v) is 5.60. The summed E-state index contributed by atoms with van der Waals surface area (Å²) in [7, 11) is 0. The number of pyridine rings is 1. The van der Waals surface area contributed by atoms with Crippen LogP contribution in [0.4, 0.5) is 24.7 Å². The minimum absolute atomic E-state index is 0.0963. The van der Waals surface area contributed by atoms with Gasteiger partial charge in [0.2, 0.25) is 5.91 Å². The molecule has 0 spiro atoms. The molecule has 174 valence electrons. The SMILES string of the molecule is O=C(Nc1cccnc1)[C@H]1CCCN(c2ccnc(-c3cnc4cnc(C(F)(F)F)cn34)n2)C1. The molecule has 5 rings (SSSR count). The highest BCUT2D eigenvalue weighted by Crippen LogP contribution is 2.29. The third kappa shape index (κ3) is 4.38. The number of imidazole rings is 1. The number of rotatable bonds is 4.